The Labute approximate surface area is 171 Å². The van der Waals surface area contributed by atoms with Gasteiger partial charge in [0.2, 0.25) is 0 Å². The van der Waals surface area contributed by atoms with Gasteiger partial charge in [-0.1, -0.05) is 31.2 Å². The summed E-state index contributed by atoms with van der Waals surface area (Å²) in [6.45, 7) is 1.01. The molecule has 0 saturated heterocycles. The molecule has 0 fully saturated rings. The molecule has 0 aliphatic heterocycles. The lowest BCUT2D eigenvalue weighted by atomic mass is 9.83. The van der Waals surface area contributed by atoms with Crippen molar-refractivity contribution in [1.29, 1.82) is 0 Å². The molecule has 0 heterocycles. The summed E-state index contributed by atoms with van der Waals surface area (Å²) in [6, 6.07) is 3.24. The van der Waals surface area contributed by atoms with Crippen LogP contribution in [-0.4, -0.2) is 46.7 Å². The molecule has 184 valence electrons. The van der Waals surface area contributed by atoms with Crippen molar-refractivity contribution in [2.75, 3.05) is 0 Å². The van der Waals surface area contributed by atoms with Gasteiger partial charge < -0.3 is 5.11 Å². The summed E-state index contributed by atoms with van der Waals surface area (Å²) < 4.78 is 172. The molecule has 0 aliphatic rings. The minimum atomic E-state index is -8.00. The molecule has 1 N–H and O–H groups in total. The van der Waals surface area contributed by atoms with Crippen molar-refractivity contribution in [2.45, 2.75) is 55.7 Å². The van der Waals surface area contributed by atoms with Crippen LogP contribution in [0.5, 0.6) is 0 Å². The quantitative estimate of drug-likeness (QED) is 0.339. The summed E-state index contributed by atoms with van der Waals surface area (Å²) in [5, 5.41) is 9.82. The zero-order valence-electron chi connectivity index (χ0n) is 15.7. The third kappa shape index (κ3) is 4.03. The lowest BCUT2D eigenvalue weighted by molar-refractivity contribution is -0.444. The summed E-state index contributed by atoms with van der Waals surface area (Å²) in [5.74, 6) is -41.6. The van der Waals surface area contributed by atoms with Crippen molar-refractivity contribution >= 4 is 5.78 Å². The molecule has 0 spiro atoms. The Kier molecular flexibility index (Phi) is 7.05. The van der Waals surface area contributed by atoms with E-state index in [-0.39, 0.29) is 12.5 Å². The number of ketones is 1. The van der Waals surface area contributed by atoms with Crippen LogP contribution >= 0.6 is 0 Å². The standard InChI is InChI=1S/C17H13F13O2/c1-7(11(32)10-5-3-9(4-6-10)8(2)31)12(18,19)13(20,21)14(22,23)15(24,25)16(26,27)17(28,29)30/h3-7,11,32H,1-2H3. The van der Waals surface area contributed by atoms with Crippen molar-refractivity contribution in [1.82, 2.24) is 0 Å². The third-order valence-electron chi connectivity index (χ3n) is 4.66. The fourth-order valence-electron chi connectivity index (χ4n) is 2.47. The van der Waals surface area contributed by atoms with Gasteiger partial charge in [0.05, 0.1) is 12.0 Å². The predicted octanol–water partition coefficient (Wildman–Crippen LogP) is 6.30. The fraction of sp³-hybridized carbons (Fsp3) is 0.588. The first kappa shape index (κ1) is 28.0. The molecule has 0 radical (unpaired) electrons. The zero-order valence-corrected chi connectivity index (χ0v) is 15.7. The number of aliphatic hydroxyl groups excluding tert-OH is 1. The summed E-state index contributed by atoms with van der Waals surface area (Å²) in [5.41, 5.74) is -0.764. The monoisotopic (exact) mass is 496 g/mol. The molecule has 2 unspecified atom stereocenters. The maximum absolute atomic E-state index is 14.1. The SMILES string of the molecule is CC(=O)c1ccc(C(O)C(C)C(F)(F)C(F)(F)C(F)(F)C(F)(F)C(F)(F)C(F)(F)F)cc1. The summed E-state index contributed by atoms with van der Waals surface area (Å²) in [6.07, 6.45) is -10.3. The number of aliphatic hydroxyl groups is 1. The minimum Gasteiger partial charge on any atom is -0.388 e. The molecule has 1 aromatic carbocycles. The smallest absolute Gasteiger partial charge is 0.388 e. The average molecular weight is 496 g/mol. The van der Waals surface area contributed by atoms with E-state index in [0.29, 0.717) is 0 Å². The van der Waals surface area contributed by atoms with E-state index >= 15 is 0 Å². The van der Waals surface area contributed by atoms with Crippen LogP contribution < -0.4 is 0 Å². The Morgan fingerprint density at radius 3 is 1.44 bits per heavy atom. The Balaban J connectivity index is 3.44. The highest BCUT2D eigenvalue weighted by atomic mass is 19.4. The second-order valence-corrected chi connectivity index (χ2v) is 6.83. The van der Waals surface area contributed by atoms with Crippen molar-refractivity contribution in [3.05, 3.63) is 35.4 Å². The highest BCUT2D eigenvalue weighted by Gasteiger charge is 2.91. The Morgan fingerprint density at radius 2 is 1.09 bits per heavy atom. The van der Waals surface area contributed by atoms with Crippen molar-refractivity contribution in [3.8, 4) is 0 Å². The van der Waals surface area contributed by atoms with Crippen LogP contribution in [0.4, 0.5) is 57.1 Å². The van der Waals surface area contributed by atoms with E-state index in [1.165, 1.54) is 0 Å². The van der Waals surface area contributed by atoms with Gasteiger partial charge in [0.15, 0.2) is 5.78 Å². The molecular formula is C17H13F13O2. The van der Waals surface area contributed by atoms with Gasteiger partial charge >= 0.3 is 35.8 Å². The molecule has 1 aromatic rings. The number of carbonyl (C=O) groups excluding carboxylic acids is 1. The molecule has 32 heavy (non-hydrogen) atoms. The van der Waals surface area contributed by atoms with Crippen LogP contribution in [0.1, 0.15) is 35.9 Å². The van der Waals surface area contributed by atoms with Crippen LogP contribution in [0.15, 0.2) is 24.3 Å². The molecule has 0 aromatic heterocycles. The first-order chi connectivity index (χ1) is 14.0. The number of benzene rings is 1. The van der Waals surface area contributed by atoms with Gasteiger partial charge in [0, 0.05) is 5.56 Å². The van der Waals surface area contributed by atoms with Gasteiger partial charge in [-0.05, 0) is 12.5 Å². The van der Waals surface area contributed by atoms with E-state index in [1.807, 2.05) is 0 Å². The van der Waals surface area contributed by atoms with Crippen molar-refractivity contribution in [2.24, 2.45) is 5.92 Å². The second kappa shape index (κ2) is 8.06. The van der Waals surface area contributed by atoms with Crippen LogP contribution in [0, 0.1) is 5.92 Å². The lowest BCUT2D eigenvalue weighted by Gasteiger charge is -2.42. The molecule has 1 rings (SSSR count). The lowest BCUT2D eigenvalue weighted by Crippen LogP contribution is -2.71. The second-order valence-electron chi connectivity index (χ2n) is 6.83. The van der Waals surface area contributed by atoms with E-state index in [0.717, 1.165) is 31.2 Å². The normalized spacial score (nSPS) is 16.6. The predicted molar refractivity (Wildman–Crippen MR) is 81.4 cm³/mol. The average Bonchev–Trinajstić information content (AvgIpc) is 2.65. The van der Waals surface area contributed by atoms with E-state index in [4.69, 9.17) is 0 Å². The highest BCUT2D eigenvalue weighted by Crippen LogP contribution is 2.61. The van der Waals surface area contributed by atoms with Crippen LogP contribution in [0.3, 0.4) is 0 Å². The molecule has 0 amide bonds. The minimum absolute atomic E-state index is 0.0480. The largest absolute Gasteiger partial charge is 0.460 e. The zero-order chi connectivity index (χ0) is 25.7. The van der Waals surface area contributed by atoms with Crippen LogP contribution in [0.2, 0.25) is 0 Å². The topological polar surface area (TPSA) is 37.3 Å². The van der Waals surface area contributed by atoms with E-state index in [9.17, 15) is 67.0 Å². The summed E-state index contributed by atoms with van der Waals surface area (Å²) >= 11 is 0. The fourth-order valence-corrected chi connectivity index (χ4v) is 2.47. The summed E-state index contributed by atoms with van der Waals surface area (Å²) in [7, 11) is 0. The van der Waals surface area contributed by atoms with Crippen molar-refractivity contribution in [3.63, 3.8) is 0 Å². The Morgan fingerprint density at radius 1 is 0.719 bits per heavy atom. The number of carbonyl (C=O) groups is 1. The van der Waals surface area contributed by atoms with Crippen molar-refractivity contribution < 1.29 is 67.0 Å². The van der Waals surface area contributed by atoms with Gasteiger partial charge in [0.25, 0.3) is 0 Å². The Hall–Kier alpha value is -2.06. The molecule has 2 atom stereocenters. The van der Waals surface area contributed by atoms with Crippen LogP contribution in [0.25, 0.3) is 0 Å². The third-order valence-corrected chi connectivity index (χ3v) is 4.66. The van der Waals surface area contributed by atoms with Gasteiger partial charge in [-0.2, -0.15) is 57.1 Å². The summed E-state index contributed by atoms with van der Waals surface area (Å²) in [4.78, 5) is 11.1. The molecule has 2 nitrogen and oxygen atoms in total. The van der Waals surface area contributed by atoms with Gasteiger partial charge in [0.1, 0.15) is 0 Å². The maximum Gasteiger partial charge on any atom is 0.460 e. The molecule has 0 saturated carbocycles. The first-order valence-electron chi connectivity index (χ1n) is 8.23. The number of Topliss-reactive ketones (excluding diaryl/α,β-unsaturated/α-hetero) is 1. The van der Waals surface area contributed by atoms with Gasteiger partial charge in [-0.25, -0.2) is 0 Å². The first-order valence-corrected chi connectivity index (χ1v) is 8.23. The molecular weight excluding hydrogens is 483 g/mol. The number of hydrogen-bond donors (Lipinski definition) is 1. The number of halogens is 13. The number of alkyl halides is 13. The molecule has 0 aliphatic carbocycles. The molecule has 0 bridgehead atoms. The van der Waals surface area contributed by atoms with Gasteiger partial charge in [-0.3, -0.25) is 4.79 Å². The maximum atomic E-state index is 14.1. The van der Waals surface area contributed by atoms with Gasteiger partial charge in [-0.15, -0.1) is 0 Å². The number of hydrogen-bond acceptors (Lipinski definition) is 2. The number of rotatable bonds is 8. The van der Waals surface area contributed by atoms with E-state index in [1.54, 1.807) is 0 Å². The highest BCUT2D eigenvalue weighted by molar-refractivity contribution is 5.94. The van der Waals surface area contributed by atoms with Crippen LogP contribution in [-0.2, 0) is 0 Å². The van der Waals surface area contributed by atoms with E-state index < -0.39 is 59.2 Å². The Bertz CT molecular complexity index is 828. The van der Waals surface area contributed by atoms with E-state index in [2.05, 4.69) is 0 Å². The molecule has 15 heteroatoms.